The highest BCUT2D eigenvalue weighted by molar-refractivity contribution is 4.92. The molecule has 0 radical (unpaired) electrons. The van der Waals surface area contributed by atoms with E-state index in [2.05, 4.69) is 36.2 Å². The smallest absolute Gasteiger partial charge is 0.150 e. The van der Waals surface area contributed by atoms with Crippen LogP contribution in [-0.2, 0) is 20.0 Å². The molecule has 0 amide bonds. The fraction of sp³-hybridized carbons (Fsp3) is 0.800. The fourth-order valence-electron chi connectivity index (χ4n) is 1.25. The molecule has 1 aromatic heterocycles. The molecule has 0 bridgehead atoms. The van der Waals surface area contributed by atoms with E-state index in [0.29, 0.717) is 6.04 Å². The van der Waals surface area contributed by atoms with E-state index in [1.165, 1.54) is 0 Å². The number of hydrogen-bond donors (Lipinski definition) is 1. The van der Waals surface area contributed by atoms with Gasteiger partial charge in [-0.15, -0.1) is 0 Å². The highest BCUT2D eigenvalue weighted by Gasteiger charge is 2.06. The van der Waals surface area contributed by atoms with Gasteiger partial charge in [0.2, 0.25) is 0 Å². The average molecular weight is 196 g/mol. The maximum Gasteiger partial charge on any atom is 0.150 e. The third-order valence-corrected chi connectivity index (χ3v) is 2.04. The van der Waals surface area contributed by atoms with E-state index in [9.17, 15) is 0 Å². The molecule has 0 saturated carbocycles. The second-order valence-electron chi connectivity index (χ2n) is 3.85. The zero-order chi connectivity index (χ0) is 10.6. The van der Waals surface area contributed by atoms with E-state index >= 15 is 0 Å². The van der Waals surface area contributed by atoms with Crippen molar-refractivity contribution in [2.75, 3.05) is 0 Å². The van der Waals surface area contributed by atoms with Crippen LogP contribution in [0.25, 0.3) is 0 Å². The van der Waals surface area contributed by atoms with Crippen LogP contribution < -0.4 is 5.32 Å². The van der Waals surface area contributed by atoms with Crippen molar-refractivity contribution in [2.45, 2.75) is 46.2 Å². The molecule has 1 N–H and O–H groups in total. The van der Waals surface area contributed by atoms with Gasteiger partial charge in [0, 0.05) is 19.5 Å². The van der Waals surface area contributed by atoms with Gasteiger partial charge in [0.25, 0.3) is 0 Å². The van der Waals surface area contributed by atoms with Gasteiger partial charge in [-0.25, -0.2) is 4.98 Å². The molecule has 4 nitrogen and oxygen atoms in total. The summed E-state index contributed by atoms with van der Waals surface area (Å²) in [5, 5.41) is 7.68. The molecule has 14 heavy (non-hydrogen) atoms. The molecule has 0 aliphatic heterocycles. The number of aryl methyl sites for hydroxylation is 2. The molecular weight excluding hydrogens is 176 g/mol. The van der Waals surface area contributed by atoms with Crippen LogP contribution in [0.5, 0.6) is 0 Å². The molecule has 0 atom stereocenters. The summed E-state index contributed by atoms with van der Waals surface area (Å²) in [5.74, 6) is 1.97. The quantitative estimate of drug-likeness (QED) is 0.771. The predicted octanol–water partition coefficient (Wildman–Crippen LogP) is 1.27. The number of nitrogens with zero attached hydrogens (tertiary/aromatic N) is 3. The van der Waals surface area contributed by atoms with E-state index in [0.717, 1.165) is 31.0 Å². The summed E-state index contributed by atoms with van der Waals surface area (Å²) in [5.41, 5.74) is 0. The van der Waals surface area contributed by atoms with Crippen LogP contribution in [0.1, 0.15) is 38.8 Å². The molecule has 0 aliphatic rings. The summed E-state index contributed by atoms with van der Waals surface area (Å²) in [6.07, 6.45) is 2.07. The SMILES string of the molecule is CCCc1nc(CNC(C)C)n(C)n1. The molecule has 80 valence electrons. The van der Waals surface area contributed by atoms with Crippen molar-refractivity contribution < 1.29 is 0 Å². The molecular formula is C10H20N4. The largest absolute Gasteiger partial charge is 0.308 e. The first-order chi connectivity index (χ1) is 6.63. The van der Waals surface area contributed by atoms with E-state index < -0.39 is 0 Å². The van der Waals surface area contributed by atoms with Gasteiger partial charge in [-0.2, -0.15) is 5.10 Å². The van der Waals surface area contributed by atoms with Crippen LogP contribution in [0, 0.1) is 0 Å². The first-order valence-corrected chi connectivity index (χ1v) is 5.25. The Morgan fingerprint density at radius 3 is 2.71 bits per heavy atom. The van der Waals surface area contributed by atoms with Crippen LogP contribution in [0.2, 0.25) is 0 Å². The summed E-state index contributed by atoms with van der Waals surface area (Å²) in [6.45, 7) is 7.19. The standard InChI is InChI=1S/C10H20N4/c1-5-6-9-12-10(14(4)13-9)7-11-8(2)3/h8,11H,5-7H2,1-4H3. The minimum Gasteiger partial charge on any atom is -0.308 e. The monoisotopic (exact) mass is 196 g/mol. The molecule has 4 heteroatoms. The minimum absolute atomic E-state index is 0.487. The van der Waals surface area contributed by atoms with Crippen molar-refractivity contribution in [2.24, 2.45) is 7.05 Å². The molecule has 1 rings (SSSR count). The summed E-state index contributed by atoms with van der Waals surface area (Å²) in [6, 6.07) is 0.487. The lowest BCUT2D eigenvalue weighted by Crippen LogP contribution is -2.23. The number of rotatable bonds is 5. The van der Waals surface area contributed by atoms with E-state index in [-0.39, 0.29) is 0 Å². The topological polar surface area (TPSA) is 42.7 Å². The molecule has 1 heterocycles. The fourth-order valence-corrected chi connectivity index (χ4v) is 1.25. The molecule has 1 aromatic rings. The van der Waals surface area contributed by atoms with Gasteiger partial charge in [0.05, 0.1) is 6.54 Å². The van der Waals surface area contributed by atoms with Crippen LogP contribution in [-0.4, -0.2) is 20.8 Å². The normalized spacial score (nSPS) is 11.2. The highest BCUT2D eigenvalue weighted by Crippen LogP contribution is 1.99. The molecule has 0 spiro atoms. The maximum absolute atomic E-state index is 4.46. The summed E-state index contributed by atoms with van der Waals surface area (Å²) >= 11 is 0. The molecule has 0 aromatic carbocycles. The van der Waals surface area contributed by atoms with Crippen molar-refractivity contribution in [3.63, 3.8) is 0 Å². The first kappa shape index (κ1) is 11.2. The molecule has 0 unspecified atom stereocenters. The lowest BCUT2D eigenvalue weighted by Gasteiger charge is -2.06. The first-order valence-electron chi connectivity index (χ1n) is 5.25. The van der Waals surface area contributed by atoms with Gasteiger partial charge in [-0.05, 0) is 6.42 Å². The lowest BCUT2D eigenvalue weighted by atomic mass is 10.3. The maximum atomic E-state index is 4.46. The third kappa shape index (κ3) is 3.10. The Morgan fingerprint density at radius 1 is 1.43 bits per heavy atom. The van der Waals surface area contributed by atoms with Crippen molar-refractivity contribution in [3.8, 4) is 0 Å². The van der Waals surface area contributed by atoms with Gasteiger partial charge in [-0.1, -0.05) is 20.8 Å². The zero-order valence-electron chi connectivity index (χ0n) is 9.54. The molecule has 0 saturated heterocycles. The zero-order valence-corrected chi connectivity index (χ0v) is 9.54. The van der Waals surface area contributed by atoms with Crippen molar-refractivity contribution >= 4 is 0 Å². The number of hydrogen-bond acceptors (Lipinski definition) is 3. The van der Waals surface area contributed by atoms with Gasteiger partial charge in [-0.3, -0.25) is 4.68 Å². The Labute approximate surface area is 85.7 Å². The number of aromatic nitrogens is 3. The Balaban J connectivity index is 2.58. The summed E-state index contributed by atoms with van der Waals surface area (Å²) in [4.78, 5) is 4.46. The van der Waals surface area contributed by atoms with Crippen molar-refractivity contribution in [1.82, 2.24) is 20.1 Å². The van der Waals surface area contributed by atoms with E-state index in [1.54, 1.807) is 0 Å². The average Bonchev–Trinajstić information content (AvgIpc) is 2.44. The van der Waals surface area contributed by atoms with Gasteiger partial charge >= 0.3 is 0 Å². The Morgan fingerprint density at radius 2 is 2.14 bits per heavy atom. The Hall–Kier alpha value is -0.900. The lowest BCUT2D eigenvalue weighted by molar-refractivity contribution is 0.551. The Bertz CT molecular complexity index is 278. The van der Waals surface area contributed by atoms with Crippen molar-refractivity contribution in [1.29, 1.82) is 0 Å². The van der Waals surface area contributed by atoms with E-state index in [1.807, 2.05) is 11.7 Å². The van der Waals surface area contributed by atoms with Crippen LogP contribution in [0.3, 0.4) is 0 Å². The predicted molar refractivity (Wildman–Crippen MR) is 57.0 cm³/mol. The third-order valence-electron chi connectivity index (χ3n) is 2.04. The molecule has 0 aliphatic carbocycles. The van der Waals surface area contributed by atoms with Crippen LogP contribution >= 0.6 is 0 Å². The molecule has 0 fully saturated rings. The van der Waals surface area contributed by atoms with Crippen LogP contribution in [0.15, 0.2) is 0 Å². The highest BCUT2D eigenvalue weighted by atomic mass is 15.3. The Kier molecular flexibility index (Phi) is 4.07. The second kappa shape index (κ2) is 5.10. The van der Waals surface area contributed by atoms with Gasteiger partial charge in [0.15, 0.2) is 5.82 Å². The van der Waals surface area contributed by atoms with Gasteiger partial charge in [0.1, 0.15) is 5.82 Å². The van der Waals surface area contributed by atoms with E-state index in [4.69, 9.17) is 0 Å². The second-order valence-corrected chi connectivity index (χ2v) is 3.85. The minimum atomic E-state index is 0.487. The van der Waals surface area contributed by atoms with Crippen molar-refractivity contribution in [3.05, 3.63) is 11.6 Å². The van der Waals surface area contributed by atoms with Crippen LogP contribution in [0.4, 0.5) is 0 Å². The summed E-state index contributed by atoms with van der Waals surface area (Å²) in [7, 11) is 1.95. The van der Waals surface area contributed by atoms with Gasteiger partial charge < -0.3 is 5.32 Å². The number of nitrogens with one attached hydrogen (secondary N) is 1. The summed E-state index contributed by atoms with van der Waals surface area (Å²) < 4.78 is 1.86.